The number of nitrogens with zero attached hydrogens (tertiary/aromatic N) is 2. The number of anilines is 3. The molecule has 0 spiro atoms. The van der Waals surface area contributed by atoms with Crippen LogP contribution in [0, 0.1) is 12.7 Å². The van der Waals surface area contributed by atoms with Gasteiger partial charge in [0.1, 0.15) is 11.6 Å². The number of ether oxygens (including phenoxy) is 1. The predicted octanol–water partition coefficient (Wildman–Crippen LogP) is 3.86. The first kappa shape index (κ1) is 18.3. The van der Waals surface area contributed by atoms with Gasteiger partial charge >= 0.3 is 0 Å². The zero-order valence-corrected chi connectivity index (χ0v) is 15.0. The van der Waals surface area contributed by atoms with Gasteiger partial charge in [-0.05, 0) is 48.4 Å². The van der Waals surface area contributed by atoms with Crippen LogP contribution in [0.4, 0.5) is 21.7 Å². The average Bonchev–Trinajstić information content (AvgIpc) is 2.65. The third kappa shape index (κ3) is 4.78. The third-order valence-corrected chi connectivity index (χ3v) is 3.86. The molecule has 0 unspecified atom stereocenters. The maximum absolute atomic E-state index is 13.6. The SMILES string of the molecule is COc1ccc(C)cc1Nc1ccc(NC(=O)Cc2ccccc2F)nn1. The fourth-order valence-corrected chi connectivity index (χ4v) is 2.52. The van der Waals surface area contributed by atoms with Gasteiger partial charge in [-0.2, -0.15) is 0 Å². The second-order valence-electron chi connectivity index (χ2n) is 5.95. The van der Waals surface area contributed by atoms with E-state index in [4.69, 9.17) is 4.74 Å². The van der Waals surface area contributed by atoms with Crippen molar-refractivity contribution < 1.29 is 13.9 Å². The van der Waals surface area contributed by atoms with E-state index in [1.165, 1.54) is 6.07 Å². The molecule has 3 rings (SSSR count). The van der Waals surface area contributed by atoms with Gasteiger partial charge in [0, 0.05) is 0 Å². The number of hydrogen-bond donors (Lipinski definition) is 2. The molecule has 138 valence electrons. The molecule has 0 aliphatic heterocycles. The Kier molecular flexibility index (Phi) is 5.61. The molecule has 3 aromatic rings. The first-order valence-corrected chi connectivity index (χ1v) is 8.34. The molecule has 0 atom stereocenters. The molecule has 0 fully saturated rings. The van der Waals surface area contributed by atoms with E-state index < -0.39 is 5.82 Å². The van der Waals surface area contributed by atoms with Gasteiger partial charge in [-0.3, -0.25) is 4.79 Å². The number of nitrogens with one attached hydrogen (secondary N) is 2. The van der Waals surface area contributed by atoms with Gasteiger partial charge < -0.3 is 15.4 Å². The molecule has 2 N–H and O–H groups in total. The maximum Gasteiger partial charge on any atom is 0.230 e. The summed E-state index contributed by atoms with van der Waals surface area (Å²) in [5, 5.41) is 13.8. The number of aryl methyl sites for hydroxylation is 1. The lowest BCUT2D eigenvalue weighted by molar-refractivity contribution is -0.115. The Labute approximate surface area is 156 Å². The molecular formula is C20H19FN4O2. The molecule has 1 heterocycles. The number of amides is 1. The van der Waals surface area contributed by atoms with E-state index in [0.717, 1.165) is 11.3 Å². The summed E-state index contributed by atoms with van der Waals surface area (Å²) in [6.07, 6.45) is -0.0746. The largest absolute Gasteiger partial charge is 0.495 e. The molecule has 2 aromatic carbocycles. The smallest absolute Gasteiger partial charge is 0.230 e. The summed E-state index contributed by atoms with van der Waals surface area (Å²) in [6.45, 7) is 1.98. The molecule has 7 heteroatoms. The van der Waals surface area contributed by atoms with E-state index in [0.29, 0.717) is 17.1 Å². The normalized spacial score (nSPS) is 10.3. The van der Waals surface area contributed by atoms with Crippen molar-refractivity contribution >= 4 is 23.2 Å². The summed E-state index contributed by atoms with van der Waals surface area (Å²) in [5.41, 5.74) is 2.17. The van der Waals surface area contributed by atoms with Crippen molar-refractivity contribution in [3.05, 3.63) is 71.5 Å². The molecule has 1 aromatic heterocycles. The van der Waals surface area contributed by atoms with E-state index in [1.807, 2.05) is 25.1 Å². The minimum absolute atomic E-state index is 0.0746. The first-order chi connectivity index (χ1) is 13.0. The van der Waals surface area contributed by atoms with Crippen molar-refractivity contribution in [2.45, 2.75) is 13.3 Å². The van der Waals surface area contributed by atoms with Crippen LogP contribution in [0.15, 0.2) is 54.6 Å². The monoisotopic (exact) mass is 366 g/mol. The summed E-state index contributed by atoms with van der Waals surface area (Å²) < 4.78 is 18.9. The van der Waals surface area contributed by atoms with E-state index in [-0.39, 0.29) is 18.1 Å². The molecule has 27 heavy (non-hydrogen) atoms. The number of aromatic nitrogens is 2. The predicted molar refractivity (Wildman–Crippen MR) is 102 cm³/mol. The second-order valence-corrected chi connectivity index (χ2v) is 5.95. The minimum Gasteiger partial charge on any atom is -0.495 e. The van der Waals surface area contributed by atoms with Crippen LogP contribution < -0.4 is 15.4 Å². The molecule has 6 nitrogen and oxygen atoms in total. The first-order valence-electron chi connectivity index (χ1n) is 8.34. The van der Waals surface area contributed by atoms with Gasteiger partial charge in [-0.1, -0.05) is 24.3 Å². The van der Waals surface area contributed by atoms with Gasteiger partial charge in [0.25, 0.3) is 0 Å². The Morgan fingerprint density at radius 2 is 1.81 bits per heavy atom. The van der Waals surface area contributed by atoms with E-state index in [9.17, 15) is 9.18 Å². The van der Waals surface area contributed by atoms with Crippen LogP contribution in [0.1, 0.15) is 11.1 Å². The van der Waals surface area contributed by atoms with Gasteiger partial charge in [0.05, 0.1) is 19.2 Å². The number of rotatable bonds is 6. The molecule has 0 bridgehead atoms. The highest BCUT2D eigenvalue weighted by Gasteiger charge is 2.10. The van der Waals surface area contributed by atoms with Crippen LogP contribution in [0.5, 0.6) is 5.75 Å². The topological polar surface area (TPSA) is 76.1 Å². The number of benzene rings is 2. The quantitative estimate of drug-likeness (QED) is 0.693. The van der Waals surface area contributed by atoms with Crippen molar-refractivity contribution in [3.63, 3.8) is 0 Å². The number of carbonyl (C=O) groups is 1. The van der Waals surface area contributed by atoms with Crippen molar-refractivity contribution in [2.75, 3.05) is 17.7 Å². The van der Waals surface area contributed by atoms with Crippen LogP contribution >= 0.6 is 0 Å². The van der Waals surface area contributed by atoms with Gasteiger partial charge in [-0.25, -0.2) is 4.39 Å². The Hall–Kier alpha value is -3.48. The van der Waals surface area contributed by atoms with Crippen molar-refractivity contribution in [1.29, 1.82) is 0 Å². The molecule has 1 amide bonds. The number of carbonyl (C=O) groups excluding carboxylic acids is 1. The Balaban J connectivity index is 1.64. The zero-order valence-electron chi connectivity index (χ0n) is 15.0. The van der Waals surface area contributed by atoms with Crippen molar-refractivity contribution in [1.82, 2.24) is 10.2 Å². The fourth-order valence-electron chi connectivity index (χ4n) is 2.52. The van der Waals surface area contributed by atoms with Crippen molar-refractivity contribution in [2.24, 2.45) is 0 Å². The summed E-state index contributed by atoms with van der Waals surface area (Å²) in [7, 11) is 1.59. The van der Waals surface area contributed by atoms with Crippen LogP contribution in [-0.4, -0.2) is 23.2 Å². The van der Waals surface area contributed by atoms with E-state index in [2.05, 4.69) is 20.8 Å². The van der Waals surface area contributed by atoms with Gasteiger partial charge in [-0.15, -0.1) is 10.2 Å². The Morgan fingerprint density at radius 1 is 1.07 bits per heavy atom. The summed E-state index contributed by atoms with van der Waals surface area (Å²) in [4.78, 5) is 12.1. The van der Waals surface area contributed by atoms with E-state index in [1.54, 1.807) is 37.4 Å². The minimum atomic E-state index is -0.412. The molecule has 0 aliphatic rings. The number of halogens is 1. The van der Waals surface area contributed by atoms with Crippen LogP contribution in [0.3, 0.4) is 0 Å². The molecule has 0 radical (unpaired) electrons. The van der Waals surface area contributed by atoms with Crippen LogP contribution in [0.25, 0.3) is 0 Å². The third-order valence-electron chi connectivity index (χ3n) is 3.86. The fraction of sp³-hybridized carbons (Fsp3) is 0.150. The van der Waals surface area contributed by atoms with Crippen LogP contribution in [-0.2, 0) is 11.2 Å². The molecule has 0 saturated heterocycles. The average molecular weight is 366 g/mol. The lowest BCUT2D eigenvalue weighted by atomic mass is 10.1. The summed E-state index contributed by atoms with van der Waals surface area (Å²) in [5.74, 6) is 0.703. The zero-order chi connectivity index (χ0) is 19.2. The molecule has 0 saturated carbocycles. The van der Waals surface area contributed by atoms with Gasteiger partial charge in [0.15, 0.2) is 11.6 Å². The lowest BCUT2D eigenvalue weighted by Gasteiger charge is -2.11. The summed E-state index contributed by atoms with van der Waals surface area (Å²) >= 11 is 0. The lowest BCUT2D eigenvalue weighted by Crippen LogP contribution is -2.16. The number of hydrogen-bond acceptors (Lipinski definition) is 5. The molecule has 0 aliphatic carbocycles. The highest BCUT2D eigenvalue weighted by atomic mass is 19.1. The maximum atomic E-state index is 13.6. The van der Waals surface area contributed by atoms with Gasteiger partial charge in [0.2, 0.25) is 5.91 Å². The summed E-state index contributed by atoms with van der Waals surface area (Å²) in [6, 6.07) is 15.2. The standard InChI is InChI=1S/C20H19FN4O2/c1-13-7-8-17(27-2)16(11-13)22-18-9-10-19(25-24-18)23-20(26)12-14-5-3-4-6-15(14)21/h3-11H,12H2,1-2H3,(H,22,24)(H,23,25,26). The van der Waals surface area contributed by atoms with Crippen LogP contribution in [0.2, 0.25) is 0 Å². The van der Waals surface area contributed by atoms with E-state index >= 15 is 0 Å². The molecular weight excluding hydrogens is 347 g/mol. The Bertz CT molecular complexity index is 945. The Morgan fingerprint density at radius 3 is 2.52 bits per heavy atom. The highest BCUT2D eigenvalue weighted by molar-refractivity contribution is 5.91. The van der Waals surface area contributed by atoms with Crippen molar-refractivity contribution in [3.8, 4) is 5.75 Å². The number of methoxy groups -OCH3 is 1. The second kappa shape index (κ2) is 8.27. The highest BCUT2D eigenvalue weighted by Crippen LogP contribution is 2.27.